The van der Waals surface area contributed by atoms with Gasteiger partial charge in [0.2, 0.25) is 5.91 Å². The molecule has 8 aliphatic rings. The van der Waals surface area contributed by atoms with E-state index < -0.39 is 0 Å². The van der Waals surface area contributed by atoms with Gasteiger partial charge in [0.05, 0.1) is 147 Å². The fourth-order valence-corrected chi connectivity index (χ4v) is 21.2. The number of rotatable bonds is 13. The molecule has 30 heteroatoms. The summed E-state index contributed by atoms with van der Waals surface area (Å²) in [6.07, 6.45) is 35.9. The van der Waals surface area contributed by atoms with Gasteiger partial charge in [0.25, 0.3) is 0 Å². The minimum atomic E-state index is -0.0285. The van der Waals surface area contributed by atoms with Gasteiger partial charge in [-0.1, -0.05) is 11.6 Å². The van der Waals surface area contributed by atoms with Crippen LogP contribution in [0.4, 0.5) is 22.7 Å². The maximum Gasteiger partial charge on any atom is 0.246 e. The van der Waals surface area contributed by atoms with Crippen molar-refractivity contribution in [3.05, 3.63) is 200 Å². The minimum absolute atomic E-state index is 0.0285. The number of fused-ring (bicyclic) bond motifs is 8. The number of methoxy groups -OCH3 is 3. The van der Waals surface area contributed by atoms with E-state index in [-0.39, 0.29) is 11.9 Å². The number of pyridine rings is 4. The summed E-state index contributed by atoms with van der Waals surface area (Å²) in [5, 5.41) is 22.7. The smallest absolute Gasteiger partial charge is 0.246 e. The lowest BCUT2D eigenvalue weighted by atomic mass is 9.72. The van der Waals surface area contributed by atoms with Gasteiger partial charge in [0.1, 0.15) is 23.3 Å². The zero-order valence-electron chi connectivity index (χ0n) is 75.4. The maximum atomic E-state index is 12.9. The number of hydrogen-bond acceptors (Lipinski definition) is 25. The Hall–Kier alpha value is -13.0. The number of amides is 1. The van der Waals surface area contributed by atoms with Crippen LogP contribution in [0.15, 0.2) is 178 Å². The highest BCUT2D eigenvalue weighted by molar-refractivity contribution is 6.05. The number of carbonyl (C=O) groups is 1. The molecule has 2 spiro atoms. The molecule has 20 heterocycles. The molecule has 1 unspecified atom stereocenters. The summed E-state index contributed by atoms with van der Waals surface area (Å²) in [5.74, 6) is 2.68. The van der Waals surface area contributed by atoms with E-state index in [4.69, 9.17) is 34.1 Å². The lowest BCUT2D eigenvalue weighted by Gasteiger charge is -2.60. The molecule has 8 fully saturated rings. The quantitative estimate of drug-likeness (QED) is 0.0973. The van der Waals surface area contributed by atoms with E-state index in [9.17, 15) is 4.79 Å². The highest BCUT2D eigenvalue weighted by atomic mass is 16.5. The third kappa shape index (κ3) is 15.7. The number of β-lactam (4-membered cyclic amide) rings is 1. The van der Waals surface area contributed by atoms with E-state index in [1.54, 1.807) is 43.1 Å². The summed E-state index contributed by atoms with van der Waals surface area (Å²) in [7, 11) is 13.8. The number of likely N-dealkylation sites (N-methyl/N-ethyl adjacent to an activating group) is 2. The van der Waals surface area contributed by atoms with Crippen LogP contribution in [-0.4, -0.2) is 300 Å². The third-order valence-electron chi connectivity index (χ3n) is 28.3. The van der Waals surface area contributed by atoms with Crippen LogP contribution in [0.1, 0.15) is 47.9 Å². The summed E-state index contributed by atoms with van der Waals surface area (Å²) in [6.45, 7) is 29.0. The molecule has 0 aliphatic carbocycles. The summed E-state index contributed by atoms with van der Waals surface area (Å²) < 4.78 is 24.1. The number of piperidine rings is 2. The molecule has 129 heavy (non-hydrogen) atoms. The van der Waals surface area contributed by atoms with Gasteiger partial charge in [-0.05, 0) is 199 Å². The van der Waals surface area contributed by atoms with Crippen LogP contribution >= 0.6 is 0 Å². The molecule has 8 aliphatic heterocycles. The predicted octanol–water partition coefficient (Wildman–Crippen LogP) is 12.5. The van der Waals surface area contributed by atoms with Crippen LogP contribution in [-0.2, 0) is 4.79 Å². The molecule has 4 aromatic carbocycles. The van der Waals surface area contributed by atoms with Crippen LogP contribution in [0.25, 0.3) is 111 Å². The fourth-order valence-electron chi connectivity index (χ4n) is 21.2. The predicted molar refractivity (Wildman–Crippen MR) is 507 cm³/mol. The Morgan fingerprint density at radius 1 is 0.341 bits per heavy atom. The van der Waals surface area contributed by atoms with Gasteiger partial charge in [-0.2, -0.15) is 20.4 Å². The second-order valence-electron chi connectivity index (χ2n) is 37.1. The standard InChI is InChI=1S/C26H31N7.C25H27N7O2.C25H28N6O.C23H24N6O/c1-19-3-4-25-23(15-19)22(5-8-27-25)24-17-29-33-18-21(16-28-26(24)33)31-9-6-20(7-10-31)32-13-11-30(2)12-14-32;1-16-10-21-19(11-23(16)34-3)18(4-5-26-21)20-13-28-32-14-17(12-27-24(20)32)31-15-22(25(31)33)30-8-6-29(2)7-9-30;1-17-10-22-20(11-23(17)32-3)19(4-7-26-22)21-13-28-31-14-18(12-27-24(21)31)30-8-5-25(6-9-30)15-29(2)16-25;1-15-6-20-18(7-21(15)30-3)17(4-5-24-20)19-9-26-29-10-16(8-25-22(19)29)28-13-23(14-28)11-27(2)12-23/h3-5,8,15-18,20H,6-7,9-14H2,1-2H3;4-5,10-14,22H,6-9,15H2,1-3H3;4,7,10-14H,5-6,8-9,15-16H2,1-3H3;4-10H,11-14H2,1-3H3. The van der Waals surface area contributed by atoms with Crippen molar-refractivity contribution in [3.8, 4) is 61.8 Å². The first-order valence-electron chi connectivity index (χ1n) is 45.1. The molecular formula is C99H110N26O4. The van der Waals surface area contributed by atoms with E-state index in [2.05, 4.69) is 187 Å². The zero-order chi connectivity index (χ0) is 88.1. The average molecular weight is 1730 g/mol. The Balaban J connectivity index is 0.000000104. The van der Waals surface area contributed by atoms with Gasteiger partial charge in [-0.3, -0.25) is 34.5 Å². The summed E-state index contributed by atoms with van der Waals surface area (Å²) in [5.41, 5.74) is 25.0. The van der Waals surface area contributed by atoms with Gasteiger partial charge in [-0.15, -0.1) is 0 Å². The SMILES string of the molecule is COc1cc2c(-c3cnn4cc(N5CC(N6CCN(C)CC6)C5=O)cnc34)ccnc2cc1C.COc1cc2c(-c3cnn4cc(N5CC6(CN(C)C6)C5)cnc34)ccnc2cc1C.COc1cc2c(-c3cnn4cc(N5CCC6(CC5)CN(C)C6)cnc34)ccnc2cc1C.Cc1ccc2nccc(-c3cnn4cc(N5CCC(N6CCN(C)CC6)CC5)cnc34)c2c1. The summed E-state index contributed by atoms with van der Waals surface area (Å²) in [4.78, 5) is 73.9. The molecule has 16 aromatic rings. The molecule has 0 radical (unpaired) electrons. The zero-order valence-corrected chi connectivity index (χ0v) is 75.4. The van der Waals surface area contributed by atoms with Crippen LogP contribution in [0, 0.1) is 38.5 Å². The molecule has 12 aromatic heterocycles. The summed E-state index contributed by atoms with van der Waals surface area (Å²) in [6, 6.07) is 27.5. The van der Waals surface area contributed by atoms with E-state index in [1.165, 1.54) is 83.6 Å². The van der Waals surface area contributed by atoms with Crippen molar-refractivity contribution in [1.29, 1.82) is 0 Å². The van der Waals surface area contributed by atoms with Gasteiger partial charge < -0.3 is 53.4 Å². The van der Waals surface area contributed by atoms with E-state index in [0.717, 1.165) is 233 Å². The summed E-state index contributed by atoms with van der Waals surface area (Å²) >= 11 is 0. The average Bonchev–Trinajstić information content (AvgIpc) is 1.72. The highest BCUT2D eigenvalue weighted by Gasteiger charge is 2.51. The third-order valence-corrected chi connectivity index (χ3v) is 28.3. The van der Waals surface area contributed by atoms with E-state index in [0.29, 0.717) is 23.4 Å². The van der Waals surface area contributed by atoms with Crippen molar-refractivity contribution < 1.29 is 19.0 Å². The van der Waals surface area contributed by atoms with Crippen molar-refractivity contribution in [2.24, 2.45) is 10.8 Å². The largest absolute Gasteiger partial charge is 0.496 e. The first-order chi connectivity index (χ1) is 62.8. The van der Waals surface area contributed by atoms with Crippen molar-refractivity contribution in [1.82, 2.24) is 108 Å². The van der Waals surface area contributed by atoms with Crippen LogP contribution < -0.4 is 33.8 Å². The number of anilines is 4. The lowest BCUT2D eigenvalue weighted by Crippen LogP contribution is -2.71. The van der Waals surface area contributed by atoms with E-state index >= 15 is 0 Å². The number of aryl methyl sites for hydroxylation is 4. The Morgan fingerprint density at radius 3 is 1.11 bits per heavy atom. The molecule has 30 nitrogen and oxygen atoms in total. The molecule has 0 bridgehead atoms. The van der Waals surface area contributed by atoms with Crippen molar-refractivity contribution in [2.75, 3.05) is 193 Å². The number of hydrogen-bond donors (Lipinski definition) is 0. The highest BCUT2D eigenvalue weighted by Crippen LogP contribution is 2.45. The molecule has 0 N–H and O–H groups in total. The first-order valence-corrected chi connectivity index (χ1v) is 45.1. The maximum absolute atomic E-state index is 12.9. The molecule has 1 amide bonds. The molecule has 1 atom stereocenters. The van der Waals surface area contributed by atoms with Gasteiger partial charge >= 0.3 is 0 Å². The van der Waals surface area contributed by atoms with Crippen LogP contribution in [0.3, 0.4) is 0 Å². The normalized spacial score (nSPS) is 18.8. The topological polar surface area (TPSA) is 249 Å². The van der Waals surface area contributed by atoms with Gasteiger partial charge in [0, 0.05) is 198 Å². The monoisotopic (exact) mass is 1730 g/mol. The minimum Gasteiger partial charge on any atom is -0.496 e. The number of carbonyl (C=O) groups excluding carboxylic acids is 1. The Bertz CT molecular complexity index is 6930. The fraction of sp³-hybridized carbons (Fsp3) is 0.384. The van der Waals surface area contributed by atoms with Crippen LogP contribution in [0.2, 0.25) is 0 Å². The second-order valence-corrected chi connectivity index (χ2v) is 37.1. The first kappa shape index (κ1) is 83.0. The molecule has 0 saturated carbocycles. The lowest BCUT2D eigenvalue weighted by molar-refractivity contribution is -0.129. The van der Waals surface area contributed by atoms with E-state index in [1.807, 2.05) is 133 Å². The Kier molecular flexibility index (Phi) is 21.8. The Morgan fingerprint density at radius 2 is 0.705 bits per heavy atom. The number of aromatic nitrogens is 16. The number of piperazine rings is 2. The molecular weight excluding hydrogens is 1620 g/mol. The van der Waals surface area contributed by atoms with Crippen molar-refractivity contribution >= 4 is 94.9 Å². The van der Waals surface area contributed by atoms with Gasteiger partial charge in [-0.25, -0.2) is 38.0 Å². The second kappa shape index (κ2) is 33.9. The molecule has 660 valence electrons. The van der Waals surface area contributed by atoms with Gasteiger partial charge in [0.15, 0.2) is 22.6 Å². The molecule has 8 saturated heterocycles. The van der Waals surface area contributed by atoms with Crippen molar-refractivity contribution in [3.63, 3.8) is 0 Å². The van der Waals surface area contributed by atoms with Crippen molar-refractivity contribution in [2.45, 2.75) is 65.5 Å². The number of nitrogens with zero attached hydrogens (tertiary/aromatic N) is 26. The number of benzene rings is 4. The number of ether oxygens (including phenoxy) is 3. The Labute approximate surface area is 749 Å². The van der Waals surface area contributed by atoms with Crippen LogP contribution in [0.5, 0.6) is 17.2 Å². The molecule has 24 rings (SSSR count). The number of likely N-dealkylation sites (tertiary alicyclic amines) is 2.